The number of likely N-dealkylation sites (tertiary alicyclic amines) is 1. The van der Waals surface area contributed by atoms with Gasteiger partial charge in [0.05, 0.1) is 11.8 Å². The van der Waals surface area contributed by atoms with Crippen molar-refractivity contribution < 1.29 is 4.79 Å². The third-order valence-electron chi connectivity index (χ3n) is 3.99. The minimum Gasteiger partial charge on any atom is -0.368 e. The van der Waals surface area contributed by atoms with E-state index in [9.17, 15) is 4.79 Å². The Labute approximate surface area is 113 Å². The molecule has 0 saturated carbocycles. The van der Waals surface area contributed by atoms with E-state index in [1.165, 1.54) is 0 Å². The molecule has 0 unspecified atom stereocenters. The fourth-order valence-corrected chi connectivity index (χ4v) is 2.68. The Morgan fingerprint density at radius 2 is 2.47 bits per heavy atom. The molecule has 1 saturated heterocycles. The Morgan fingerprint density at radius 3 is 3.11 bits per heavy atom. The average molecular weight is 260 g/mol. The minimum atomic E-state index is -0.0538. The van der Waals surface area contributed by atoms with Crippen molar-refractivity contribution in [2.75, 3.05) is 25.0 Å². The Balaban J connectivity index is 2.06. The van der Waals surface area contributed by atoms with Gasteiger partial charge in [0.1, 0.15) is 6.42 Å². The predicted molar refractivity (Wildman–Crippen MR) is 73.6 cm³/mol. The van der Waals surface area contributed by atoms with Gasteiger partial charge >= 0.3 is 0 Å². The summed E-state index contributed by atoms with van der Waals surface area (Å²) in [5.41, 5.74) is 1.13. The van der Waals surface area contributed by atoms with Crippen molar-refractivity contribution in [3.05, 3.63) is 18.5 Å². The van der Waals surface area contributed by atoms with Crippen molar-refractivity contribution in [1.82, 2.24) is 9.88 Å². The highest BCUT2D eigenvalue weighted by atomic mass is 16.2. The van der Waals surface area contributed by atoms with Crippen LogP contribution in [0.25, 0.3) is 0 Å². The maximum absolute atomic E-state index is 11.8. The fraction of sp³-hybridized carbons (Fsp3) is 0.571. The number of piperidine rings is 1. The van der Waals surface area contributed by atoms with Gasteiger partial charge in [-0.15, -0.1) is 0 Å². The molecule has 1 aliphatic heterocycles. The van der Waals surface area contributed by atoms with Crippen molar-refractivity contribution in [1.29, 1.82) is 5.26 Å². The SMILES string of the molecule is C[C@@H]1CCN(C(=O)CC#N)C[C@@H]1N(C)c1cc[nH]c1. The molecule has 2 rings (SSSR count). The molecule has 0 spiro atoms. The molecule has 102 valence electrons. The van der Waals surface area contributed by atoms with Gasteiger partial charge in [-0.05, 0) is 18.4 Å². The fourth-order valence-electron chi connectivity index (χ4n) is 2.68. The number of amides is 1. The second-order valence-electron chi connectivity index (χ2n) is 5.19. The Hall–Kier alpha value is -1.96. The van der Waals surface area contributed by atoms with E-state index >= 15 is 0 Å². The van der Waals surface area contributed by atoms with Crippen LogP contribution in [0.15, 0.2) is 18.5 Å². The van der Waals surface area contributed by atoms with Crippen LogP contribution in [0.5, 0.6) is 0 Å². The van der Waals surface area contributed by atoms with E-state index in [-0.39, 0.29) is 12.3 Å². The minimum absolute atomic E-state index is 0.0189. The third kappa shape index (κ3) is 2.90. The number of aromatic nitrogens is 1. The standard InChI is InChI=1S/C14H20N4O/c1-11-5-8-18(14(19)3-6-15)10-13(11)17(2)12-4-7-16-9-12/h4,7,9,11,13,16H,3,5,8,10H2,1-2H3/t11-,13+/m1/s1. The molecule has 0 aliphatic carbocycles. The molecule has 2 atom stereocenters. The number of nitriles is 1. The molecular weight excluding hydrogens is 240 g/mol. The van der Waals surface area contributed by atoms with Crippen LogP contribution >= 0.6 is 0 Å². The number of nitrogens with zero attached hydrogens (tertiary/aromatic N) is 3. The molecule has 19 heavy (non-hydrogen) atoms. The van der Waals surface area contributed by atoms with E-state index in [0.717, 1.165) is 18.7 Å². The van der Waals surface area contributed by atoms with Crippen LogP contribution in [0.2, 0.25) is 0 Å². The predicted octanol–water partition coefficient (Wildman–Crippen LogP) is 1.60. The first-order chi connectivity index (χ1) is 9.13. The molecule has 1 N–H and O–H groups in total. The molecular formula is C14H20N4O. The van der Waals surface area contributed by atoms with E-state index in [2.05, 4.69) is 23.9 Å². The molecule has 1 fully saturated rings. The zero-order chi connectivity index (χ0) is 13.8. The molecule has 5 nitrogen and oxygen atoms in total. The van der Waals surface area contributed by atoms with E-state index in [1.54, 1.807) is 0 Å². The summed E-state index contributed by atoms with van der Waals surface area (Å²) in [6, 6.07) is 4.27. The lowest BCUT2D eigenvalue weighted by atomic mass is 9.92. The molecule has 1 amide bonds. The Morgan fingerprint density at radius 1 is 1.68 bits per heavy atom. The van der Waals surface area contributed by atoms with Gasteiger partial charge in [0.2, 0.25) is 5.91 Å². The van der Waals surface area contributed by atoms with Crippen LogP contribution in [0.4, 0.5) is 5.69 Å². The van der Waals surface area contributed by atoms with E-state index in [1.807, 2.05) is 29.4 Å². The van der Waals surface area contributed by atoms with Crippen LogP contribution in [0.3, 0.4) is 0 Å². The maximum Gasteiger partial charge on any atom is 0.236 e. The monoisotopic (exact) mass is 260 g/mol. The van der Waals surface area contributed by atoms with Crippen LogP contribution in [0, 0.1) is 17.2 Å². The molecule has 0 aromatic carbocycles. The number of hydrogen-bond acceptors (Lipinski definition) is 3. The van der Waals surface area contributed by atoms with Crippen molar-refractivity contribution in [3.8, 4) is 6.07 Å². The first kappa shape index (κ1) is 13.5. The van der Waals surface area contributed by atoms with Crippen LogP contribution in [-0.2, 0) is 4.79 Å². The molecule has 1 aromatic rings. The highest BCUT2D eigenvalue weighted by Gasteiger charge is 2.31. The first-order valence-corrected chi connectivity index (χ1v) is 6.64. The number of rotatable bonds is 3. The number of H-pyrrole nitrogens is 1. The second kappa shape index (κ2) is 5.79. The lowest BCUT2D eigenvalue weighted by molar-refractivity contribution is -0.131. The summed E-state index contributed by atoms with van der Waals surface area (Å²) in [7, 11) is 2.06. The molecule has 0 bridgehead atoms. The number of carbonyl (C=O) groups is 1. The van der Waals surface area contributed by atoms with Crippen molar-refractivity contribution in [2.24, 2.45) is 5.92 Å². The normalized spacial score (nSPS) is 22.9. The van der Waals surface area contributed by atoms with Gasteiger partial charge in [-0.2, -0.15) is 5.26 Å². The smallest absolute Gasteiger partial charge is 0.236 e. The van der Waals surface area contributed by atoms with Crippen molar-refractivity contribution in [2.45, 2.75) is 25.8 Å². The maximum atomic E-state index is 11.8. The van der Waals surface area contributed by atoms with Gasteiger partial charge in [0.25, 0.3) is 0 Å². The van der Waals surface area contributed by atoms with Gasteiger partial charge in [0.15, 0.2) is 0 Å². The zero-order valence-corrected chi connectivity index (χ0v) is 11.5. The summed E-state index contributed by atoms with van der Waals surface area (Å²) < 4.78 is 0. The van der Waals surface area contributed by atoms with Gasteiger partial charge in [0, 0.05) is 38.6 Å². The Bertz CT molecular complexity index is 462. The topological polar surface area (TPSA) is 63.1 Å². The zero-order valence-electron chi connectivity index (χ0n) is 11.5. The van der Waals surface area contributed by atoms with Gasteiger partial charge in [-0.3, -0.25) is 4.79 Å². The van der Waals surface area contributed by atoms with Crippen molar-refractivity contribution in [3.63, 3.8) is 0 Å². The molecule has 1 aromatic heterocycles. The summed E-state index contributed by atoms with van der Waals surface area (Å²) in [5, 5.41) is 8.63. The lowest BCUT2D eigenvalue weighted by Crippen LogP contribution is -2.52. The van der Waals surface area contributed by atoms with Crippen LogP contribution in [-0.4, -0.2) is 42.0 Å². The summed E-state index contributed by atoms with van der Waals surface area (Å²) >= 11 is 0. The summed E-state index contributed by atoms with van der Waals surface area (Å²) in [6.07, 6.45) is 4.83. The second-order valence-corrected chi connectivity index (χ2v) is 5.19. The Kier molecular flexibility index (Phi) is 4.10. The largest absolute Gasteiger partial charge is 0.368 e. The third-order valence-corrected chi connectivity index (χ3v) is 3.99. The number of nitrogens with one attached hydrogen (secondary N) is 1. The van der Waals surface area contributed by atoms with Crippen molar-refractivity contribution >= 4 is 11.6 Å². The highest BCUT2D eigenvalue weighted by molar-refractivity contribution is 5.78. The molecule has 2 heterocycles. The number of anilines is 1. The number of likely N-dealkylation sites (N-methyl/N-ethyl adjacent to an activating group) is 1. The van der Waals surface area contributed by atoms with Gasteiger partial charge < -0.3 is 14.8 Å². The molecule has 0 radical (unpaired) electrons. The van der Waals surface area contributed by atoms with E-state index in [4.69, 9.17) is 5.26 Å². The first-order valence-electron chi connectivity index (χ1n) is 6.64. The van der Waals surface area contributed by atoms with Crippen LogP contribution in [0.1, 0.15) is 19.8 Å². The summed E-state index contributed by atoms with van der Waals surface area (Å²) in [6.45, 7) is 3.68. The summed E-state index contributed by atoms with van der Waals surface area (Å²) in [5.74, 6) is 0.480. The number of hydrogen-bond donors (Lipinski definition) is 1. The number of carbonyl (C=O) groups excluding carboxylic acids is 1. The summed E-state index contributed by atoms with van der Waals surface area (Å²) in [4.78, 5) is 18.9. The van der Waals surface area contributed by atoms with E-state index in [0.29, 0.717) is 18.5 Å². The van der Waals surface area contributed by atoms with E-state index < -0.39 is 0 Å². The number of aromatic amines is 1. The van der Waals surface area contributed by atoms with Gasteiger partial charge in [-0.25, -0.2) is 0 Å². The van der Waals surface area contributed by atoms with Crippen LogP contribution < -0.4 is 4.90 Å². The molecule has 1 aliphatic rings. The lowest BCUT2D eigenvalue weighted by Gasteiger charge is -2.42. The quantitative estimate of drug-likeness (QED) is 0.898. The molecule has 5 heteroatoms. The average Bonchev–Trinajstić information content (AvgIpc) is 2.92. The van der Waals surface area contributed by atoms with Gasteiger partial charge in [-0.1, -0.05) is 6.92 Å². The highest BCUT2D eigenvalue weighted by Crippen LogP contribution is 2.25.